The molecule has 0 saturated heterocycles. The molecule has 1 aliphatic rings. The second-order valence-electron chi connectivity index (χ2n) is 9.79. The third-order valence-corrected chi connectivity index (χ3v) is 6.93. The summed E-state index contributed by atoms with van der Waals surface area (Å²) in [4.78, 5) is 26.0. The zero-order valence-electron chi connectivity index (χ0n) is 20.7. The molecule has 0 radical (unpaired) electrons. The number of amides is 1. The summed E-state index contributed by atoms with van der Waals surface area (Å²) in [6.07, 6.45) is 1.28. The highest BCUT2D eigenvalue weighted by Crippen LogP contribution is 2.40. The van der Waals surface area contributed by atoms with Gasteiger partial charge in [0, 0.05) is 18.2 Å². The van der Waals surface area contributed by atoms with Crippen molar-refractivity contribution < 1.29 is 22.4 Å². The number of benzene rings is 2. The Balaban J connectivity index is 1.56. The number of halogens is 4. The predicted molar refractivity (Wildman–Crippen MR) is 137 cm³/mol. The van der Waals surface area contributed by atoms with Crippen LogP contribution in [0.25, 0.3) is 28.2 Å². The molecule has 196 valence electrons. The molecular weight excluding hydrogens is 512 g/mol. The molecule has 0 spiro atoms. The summed E-state index contributed by atoms with van der Waals surface area (Å²) < 4.78 is 58.2. The SMILES string of the molecule is CC1(C)C(=O)Nc2nc(-c3nc(Cc4c(F)ccc(F)c4F)n4cc(-c5ccc(F)cc5)ccc34)nc(N)c21. The molecule has 0 fully saturated rings. The van der Waals surface area contributed by atoms with Crippen molar-refractivity contribution in [3.8, 4) is 22.6 Å². The van der Waals surface area contributed by atoms with Crippen LogP contribution >= 0.6 is 0 Å². The number of aromatic nitrogens is 4. The van der Waals surface area contributed by atoms with Crippen LogP contribution in [-0.4, -0.2) is 25.3 Å². The van der Waals surface area contributed by atoms with Gasteiger partial charge in [0.15, 0.2) is 17.5 Å². The molecule has 5 aromatic rings. The molecule has 11 heteroatoms. The number of fused-ring (bicyclic) bond motifs is 2. The van der Waals surface area contributed by atoms with Crippen molar-refractivity contribution in [2.45, 2.75) is 25.7 Å². The van der Waals surface area contributed by atoms with Gasteiger partial charge >= 0.3 is 0 Å². The first kappa shape index (κ1) is 24.5. The van der Waals surface area contributed by atoms with Crippen LogP contribution in [0, 0.1) is 23.3 Å². The number of hydrogen-bond donors (Lipinski definition) is 2. The predicted octanol–water partition coefficient (Wildman–Crippen LogP) is 5.42. The largest absolute Gasteiger partial charge is 0.383 e. The third-order valence-electron chi connectivity index (χ3n) is 6.93. The molecule has 39 heavy (non-hydrogen) atoms. The van der Waals surface area contributed by atoms with Gasteiger partial charge in [0.05, 0.1) is 16.5 Å². The van der Waals surface area contributed by atoms with Crippen molar-refractivity contribution in [1.82, 2.24) is 19.4 Å². The maximum absolute atomic E-state index is 14.6. The van der Waals surface area contributed by atoms with Crippen LogP contribution in [0.3, 0.4) is 0 Å². The zero-order valence-corrected chi connectivity index (χ0v) is 20.7. The van der Waals surface area contributed by atoms with Crippen molar-refractivity contribution in [3.05, 3.63) is 94.9 Å². The van der Waals surface area contributed by atoms with E-state index in [1.165, 1.54) is 12.1 Å². The Morgan fingerprint density at radius 2 is 1.59 bits per heavy atom. The number of carbonyl (C=O) groups excluding carboxylic acids is 1. The van der Waals surface area contributed by atoms with Crippen LogP contribution in [0.15, 0.2) is 54.7 Å². The molecule has 0 unspecified atom stereocenters. The van der Waals surface area contributed by atoms with Gasteiger partial charge in [0.25, 0.3) is 0 Å². The van der Waals surface area contributed by atoms with Gasteiger partial charge in [-0.05, 0) is 55.3 Å². The Morgan fingerprint density at radius 1 is 0.897 bits per heavy atom. The number of nitrogens with zero attached hydrogens (tertiary/aromatic N) is 4. The highest BCUT2D eigenvalue weighted by atomic mass is 19.2. The van der Waals surface area contributed by atoms with Gasteiger partial charge in [-0.1, -0.05) is 18.2 Å². The molecule has 0 bridgehead atoms. The lowest BCUT2D eigenvalue weighted by atomic mass is 9.87. The molecule has 7 nitrogen and oxygen atoms in total. The third kappa shape index (κ3) is 3.89. The van der Waals surface area contributed by atoms with Gasteiger partial charge in [-0.3, -0.25) is 4.79 Å². The Labute approximate surface area is 219 Å². The molecule has 0 atom stereocenters. The number of carbonyl (C=O) groups is 1. The Morgan fingerprint density at radius 3 is 2.33 bits per heavy atom. The maximum atomic E-state index is 14.6. The minimum absolute atomic E-state index is 0.0859. The van der Waals surface area contributed by atoms with Crippen LogP contribution in [0.4, 0.5) is 29.2 Å². The lowest BCUT2D eigenvalue weighted by molar-refractivity contribution is -0.119. The van der Waals surface area contributed by atoms with E-state index in [2.05, 4.69) is 20.3 Å². The average molecular weight is 533 g/mol. The van der Waals surface area contributed by atoms with Crippen LogP contribution < -0.4 is 11.1 Å². The van der Waals surface area contributed by atoms with E-state index in [9.17, 15) is 22.4 Å². The summed E-state index contributed by atoms with van der Waals surface area (Å²) in [7, 11) is 0. The Bertz CT molecular complexity index is 1810. The number of nitrogens with two attached hydrogens (primary N) is 1. The summed E-state index contributed by atoms with van der Waals surface area (Å²) >= 11 is 0. The first-order valence-electron chi connectivity index (χ1n) is 11.9. The van der Waals surface area contributed by atoms with E-state index in [0.717, 1.165) is 6.07 Å². The van der Waals surface area contributed by atoms with Gasteiger partial charge in [0.1, 0.15) is 34.8 Å². The summed E-state index contributed by atoms with van der Waals surface area (Å²) in [5, 5.41) is 2.71. The number of rotatable bonds is 4. The zero-order chi connectivity index (χ0) is 27.6. The molecule has 1 amide bonds. The minimum Gasteiger partial charge on any atom is -0.383 e. The number of anilines is 2. The second kappa shape index (κ2) is 8.62. The Hall–Kier alpha value is -4.80. The van der Waals surface area contributed by atoms with Gasteiger partial charge < -0.3 is 15.5 Å². The molecule has 4 heterocycles. The number of nitrogens with one attached hydrogen (secondary N) is 1. The summed E-state index contributed by atoms with van der Waals surface area (Å²) in [6.45, 7) is 3.41. The molecule has 1 aliphatic heterocycles. The lowest BCUT2D eigenvalue weighted by Crippen LogP contribution is -2.27. The molecule has 3 aromatic heterocycles. The first-order valence-corrected chi connectivity index (χ1v) is 11.9. The highest BCUT2D eigenvalue weighted by Gasteiger charge is 2.42. The molecule has 2 aromatic carbocycles. The van der Waals surface area contributed by atoms with Crippen molar-refractivity contribution >= 4 is 23.1 Å². The minimum atomic E-state index is -1.31. The fraction of sp³-hybridized carbons (Fsp3) is 0.143. The van der Waals surface area contributed by atoms with E-state index in [0.29, 0.717) is 28.3 Å². The van der Waals surface area contributed by atoms with Gasteiger partial charge in [0.2, 0.25) is 5.91 Å². The van der Waals surface area contributed by atoms with E-state index in [-0.39, 0.29) is 34.9 Å². The number of nitrogen functional groups attached to an aromatic ring is 1. The van der Waals surface area contributed by atoms with E-state index in [1.54, 1.807) is 48.7 Å². The second-order valence-corrected chi connectivity index (χ2v) is 9.79. The number of pyridine rings is 1. The smallest absolute Gasteiger partial charge is 0.235 e. The Kier molecular flexibility index (Phi) is 5.42. The van der Waals surface area contributed by atoms with Crippen molar-refractivity contribution in [3.63, 3.8) is 0 Å². The van der Waals surface area contributed by atoms with Crippen molar-refractivity contribution in [2.24, 2.45) is 0 Å². The van der Waals surface area contributed by atoms with Crippen LogP contribution in [-0.2, 0) is 16.6 Å². The van der Waals surface area contributed by atoms with Crippen molar-refractivity contribution in [2.75, 3.05) is 11.1 Å². The number of hydrogen-bond acceptors (Lipinski definition) is 5. The van der Waals surface area contributed by atoms with Gasteiger partial charge in [-0.2, -0.15) is 0 Å². The fourth-order valence-electron chi connectivity index (χ4n) is 4.81. The van der Waals surface area contributed by atoms with Crippen LogP contribution in [0.2, 0.25) is 0 Å². The van der Waals surface area contributed by atoms with Crippen LogP contribution in [0.5, 0.6) is 0 Å². The summed E-state index contributed by atoms with van der Waals surface area (Å²) in [5.41, 5.74) is 7.33. The van der Waals surface area contributed by atoms with E-state index < -0.39 is 40.7 Å². The average Bonchev–Trinajstić information content (AvgIpc) is 3.37. The standard InChI is InChI=1S/C28H20F4N6O/c1-28(2)21-24(33)35-26(36-25(21)37-27(28)39)23-19-10-5-14(13-3-6-15(29)7-4-13)12-38(19)20(34-23)11-16-17(30)8-9-18(31)22(16)32/h3-10,12H,11H2,1-2H3,(H3,33,35,36,37,39). The molecule has 0 aliphatic carbocycles. The van der Waals surface area contributed by atoms with E-state index in [4.69, 9.17) is 5.73 Å². The molecule has 0 saturated carbocycles. The highest BCUT2D eigenvalue weighted by molar-refractivity contribution is 6.06. The first-order chi connectivity index (χ1) is 18.5. The van der Waals surface area contributed by atoms with E-state index >= 15 is 0 Å². The summed E-state index contributed by atoms with van der Waals surface area (Å²) in [5.74, 6) is -3.52. The topological polar surface area (TPSA) is 98.2 Å². The molecule has 6 rings (SSSR count). The van der Waals surface area contributed by atoms with Crippen molar-refractivity contribution in [1.29, 1.82) is 0 Å². The lowest BCUT2D eigenvalue weighted by Gasteiger charge is -2.16. The molecule has 3 N–H and O–H groups in total. The fourth-order valence-corrected chi connectivity index (χ4v) is 4.81. The quantitative estimate of drug-likeness (QED) is 0.238. The van der Waals surface area contributed by atoms with Gasteiger partial charge in [-0.25, -0.2) is 32.5 Å². The van der Waals surface area contributed by atoms with Crippen LogP contribution in [0.1, 0.15) is 30.8 Å². The monoisotopic (exact) mass is 532 g/mol. The summed E-state index contributed by atoms with van der Waals surface area (Å²) in [6, 6.07) is 10.8. The van der Waals surface area contributed by atoms with E-state index in [1.807, 2.05) is 0 Å². The number of imidazole rings is 1. The van der Waals surface area contributed by atoms with Gasteiger partial charge in [-0.15, -0.1) is 0 Å². The normalized spacial score (nSPS) is 14.1. The maximum Gasteiger partial charge on any atom is 0.235 e. The molecular formula is C28H20F4N6O.